The summed E-state index contributed by atoms with van der Waals surface area (Å²) in [6.07, 6.45) is 1.74. The number of anilines is 2. The van der Waals surface area contributed by atoms with E-state index in [9.17, 15) is 9.18 Å². The Morgan fingerprint density at radius 3 is 2.59 bits per heavy atom. The normalized spacial score (nSPS) is 10.7. The van der Waals surface area contributed by atoms with E-state index in [2.05, 4.69) is 31.7 Å². The molecule has 2 N–H and O–H groups in total. The molecule has 6 nitrogen and oxygen atoms in total. The summed E-state index contributed by atoms with van der Waals surface area (Å²) >= 11 is 10.4. The molecule has 0 radical (unpaired) electrons. The molecule has 0 amide bonds. The highest BCUT2D eigenvalue weighted by atomic mass is 79.9. The Bertz CT molecular complexity index is 1350. The molecule has 0 unspecified atom stereocenters. The molecule has 2 aromatic heterocycles. The molecule has 2 heterocycles. The number of hydrogen-bond acceptors (Lipinski definition) is 5. The third-order valence-corrected chi connectivity index (χ3v) is 6.81. The van der Waals surface area contributed by atoms with Gasteiger partial charge in [-0.1, -0.05) is 48.5 Å². The van der Waals surface area contributed by atoms with Gasteiger partial charge >= 0.3 is 5.97 Å². The van der Waals surface area contributed by atoms with E-state index in [1.165, 1.54) is 24.5 Å². The van der Waals surface area contributed by atoms with Gasteiger partial charge in [-0.2, -0.15) is 5.10 Å². The smallest absolute Gasteiger partial charge is 0.341 e. The number of ether oxygens (including phenoxy) is 1. The lowest BCUT2D eigenvalue weighted by Gasteiger charge is -2.10. The van der Waals surface area contributed by atoms with Gasteiger partial charge in [0.25, 0.3) is 0 Å². The molecule has 10 heteroatoms. The molecule has 0 aliphatic heterocycles. The van der Waals surface area contributed by atoms with Crippen molar-refractivity contribution in [2.75, 3.05) is 17.7 Å². The molecule has 0 aliphatic carbocycles. The van der Waals surface area contributed by atoms with Crippen LogP contribution in [0.5, 0.6) is 0 Å². The zero-order chi connectivity index (χ0) is 24.2. The molecule has 0 spiro atoms. The van der Waals surface area contributed by atoms with Crippen LogP contribution in [0.25, 0.3) is 11.1 Å². The van der Waals surface area contributed by atoms with Gasteiger partial charge in [0.1, 0.15) is 16.4 Å². The average molecular weight is 559 g/mol. The van der Waals surface area contributed by atoms with Gasteiger partial charge in [0.05, 0.1) is 18.1 Å². The first-order valence-electron chi connectivity index (χ1n) is 10.2. The molecule has 174 valence electrons. The van der Waals surface area contributed by atoms with E-state index in [4.69, 9.17) is 17.0 Å². The molecular formula is C24H20BrFN4O2S2. The van der Waals surface area contributed by atoms with Crippen molar-refractivity contribution in [1.29, 1.82) is 0 Å². The Kier molecular flexibility index (Phi) is 7.40. The fourth-order valence-corrected chi connectivity index (χ4v) is 5.23. The summed E-state index contributed by atoms with van der Waals surface area (Å²) in [6.45, 7) is 2.21. The molecule has 0 aliphatic rings. The van der Waals surface area contributed by atoms with Crippen LogP contribution in [0.1, 0.15) is 20.8 Å². The minimum Gasteiger partial charge on any atom is -0.465 e. The van der Waals surface area contributed by atoms with E-state index in [-0.39, 0.29) is 17.5 Å². The number of benzene rings is 2. The van der Waals surface area contributed by atoms with Crippen LogP contribution in [0, 0.1) is 12.7 Å². The summed E-state index contributed by atoms with van der Waals surface area (Å²) in [6, 6.07) is 16.2. The lowest BCUT2D eigenvalue weighted by Crippen LogP contribution is -2.20. The first-order chi connectivity index (χ1) is 16.4. The van der Waals surface area contributed by atoms with Crippen LogP contribution in [0.4, 0.5) is 15.2 Å². The van der Waals surface area contributed by atoms with Crippen LogP contribution in [0.2, 0.25) is 0 Å². The predicted molar refractivity (Wildman–Crippen MR) is 141 cm³/mol. The molecular weight excluding hydrogens is 539 g/mol. The van der Waals surface area contributed by atoms with Crippen LogP contribution in [0.3, 0.4) is 0 Å². The number of aromatic nitrogens is 2. The number of thiophene rings is 1. The van der Waals surface area contributed by atoms with E-state index < -0.39 is 5.97 Å². The average Bonchev–Trinajstić information content (AvgIpc) is 3.33. The Morgan fingerprint density at radius 1 is 1.18 bits per heavy atom. The van der Waals surface area contributed by atoms with Crippen molar-refractivity contribution in [1.82, 2.24) is 9.78 Å². The topological polar surface area (TPSA) is 68.2 Å². The molecule has 0 bridgehead atoms. The van der Waals surface area contributed by atoms with E-state index in [1.54, 1.807) is 29.1 Å². The van der Waals surface area contributed by atoms with Gasteiger partial charge in [0.2, 0.25) is 0 Å². The van der Waals surface area contributed by atoms with Crippen molar-refractivity contribution in [3.63, 3.8) is 0 Å². The Hall–Kier alpha value is -3.08. The monoisotopic (exact) mass is 558 g/mol. The van der Waals surface area contributed by atoms with E-state index >= 15 is 0 Å². The van der Waals surface area contributed by atoms with Crippen LogP contribution in [-0.2, 0) is 11.3 Å². The number of halogens is 2. The number of carbonyl (C=O) groups excluding carboxylic acids is 1. The summed E-state index contributed by atoms with van der Waals surface area (Å²) in [4.78, 5) is 13.6. The first-order valence-corrected chi connectivity index (χ1v) is 12.2. The summed E-state index contributed by atoms with van der Waals surface area (Å²) in [5.74, 6) is -0.285. The highest BCUT2D eigenvalue weighted by Crippen LogP contribution is 2.40. The second kappa shape index (κ2) is 10.5. The Balaban J connectivity index is 1.55. The maximum atomic E-state index is 14.0. The van der Waals surface area contributed by atoms with Crippen LogP contribution in [0.15, 0.2) is 65.3 Å². The molecule has 4 rings (SSSR count). The second-order valence-corrected chi connectivity index (χ2v) is 9.78. The number of hydrogen-bond donors (Lipinski definition) is 2. The van der Waals surface area contributed by atoms with Gasteiger partial charge in [-0.3, -0.25) is 4.68 Å². The fourth-order valence-electron chi connectivity index (χ4n) is 3.49. The highest BCUT2D eigenvalue weighted by molar-refractivity contribution is 9.10. The van der Waals surface area contributed by atoms with Crippen molar-refractivity contribution in [3.05, 3.63) is 87.1 Å². The van der Waals surface area contributed by atoms with Crippen LogP contribution in [-0.4, -0.2) is 28.0 Å². The van der Waals surface area contributed by atoms with E-state index in [1.807, 2.05) is 37.3 Å². The molecule has 4 aromatic rings. The number of carbonyl (C=O) groups is 1. The lowest BCUT2D eigenvalue weighted by molar-refractivity contribution is 0.0603. The van der Waals surface area contributed by atoms with E-state index in [0.29, 0.717) is 26.4 Å². The van der Waals surface area contributed by atoms with Crippen LogP contribution < -0.4 is 10.6 Å². The zero-order valence-corrected chi connectivity index (χ0v) is 21.5. The fraction of sp³-hybridized carbons (Fsp3) is 0.125. The molecule has 34 heavy (non-hydrogen) atoms. The number of rotatable bonds is 6. The Morgan fingerprint density at radius 2 is 1.88 bits per heavy atom. The van der Waals surface area contributed by atoms with Crippen LogP contribution >= 0.6 is 39.5 Å². The van der Waals surface area contributed by atoms with Gasteiger partial charge in [0.15, 0.2) is 10.9 Å². The van der Waals surface area contributed by atoms with Gasteiger partial charge in [-0.15, -0.1) is 11.3 Å². The van der Waals surface area contributed by atoms with E-state index in [0.717, 1.165) is 16.0 Å². The lowest BCUT2D eigenvalue weighted by atomic mass is 10.0. The maximum Gasteiger partial charge on any atom is 0.341 e. The van der Waals surface area contributed by atoms with Crippen molar-refractivity contribution >= 4 is 61.4 Å². The number of nitrogens with one attached hydrogen (secondary N) is 2. The van der Waals surface area contributed by atoms with Gasteiger partial charge in [0, 0.05) is 22.2 Å². The zero-order valence-electron chi connectivity index (χ0n) is 18.3. The third kappa shape index (κ3) is 5.19. The Labute approximate surface area is 213 Å². The molecule has 0 saturated carbocycles. The van der Waals surface area contributed by atoms with Gasteiger partial charge < -0.3 is 15.4 Å². The SMILES string of the molecule is COC(=O)c1c(NC(=S)Nc2nn(Cc3ccccc3F)cc2Br)sc(C)c1-c1ccccc1. The number of methoxy groups -OCH3 is 1. The number of thiocarbonyl (C=S) groups is 1. The predicted octanol–water partition coefficient (Wildman–Crippen LogP) is 6.47. The van der Waals surface area contributed by atoms with Crippen molar-refractivity contribution in [3.8, 4) is 11.1 Å². The quantitative estimate of drug-likeness (QED) is 0.209. The summed E-state index contributed by atoms with van der Waals surface area (Å²) in [7, 11) is 1.35. The number of esters is 1. The third-order valence-electron chi connectivity index (χ3n) is 5.00. The first kappa shape index (κ1) is 24.1. The minimum absolute atomic E-state index is 0.253. The molecule has 0 saturated heterocycles. The minimum atomic E-state index is -0.455. The molecule has 0 atom stereocenters. The number of aryl methyl sites for hydroxylation is 1. The largest absolute Gasteiger partial charge is 0.465 e. The van der Waals surface area contributed by atoms with Crippen molar-refractivity contribution in [2.24, 2.45) is 0 Å². The molecule has 2 aromatic carbocycles. The summed E-state index contributed by atoms with van der Waals surface area (Å²) in [5.41, 5.74) is 2.66. The van der Waals surface area contributed by atoms with Crippen molar-refractivity contribution in [2.45, 2.75) is 13.5 Å². The van der Waals surface area contributed by atoms with Gasteiger partial charge in [-0.05, 0) is 46.7 Å². The second-order valence-electron chi connectivity index (χ2n) is 7.29. The summed E-state index contributed by atoms with van der Waals surface area (Å²) < 4.78 is 21.3. The standard InChI is InChI=1S/C24H20BrFN4O2S2/c1-14-19(15-8-4-3-5-9-15)20(23(31)32-2)22(34-14)28-24(33)27-21-17(25)13-30(29-21)12-16-10-6-7-11-18(16)26/h3-11,13H,12H2,1-2H3,(H2,27,28,29,33). The van der Waals surface area contributed by atoms with Crippen molar-refractivity contribution < 1.29 is 13.9 Å². The number of nitrogens with zero attached hydrogens (tertiary/aromatic N) is 2. The summed E-state index contributed by atoms with van der Waals surface area (Å²) in [5, 5.41) is 11.4. The van der Waals surface area contributed by atoms with Gasteiger partial charge in [-0.25, -0.2) is 9.18 Å². The highest BCUT2D eigenvalue weighted by Gasteiger charge is 2.24. The maximum absolute atomic E-state index is 14.0. The molecule has 0 fully saturated rings.